The first-order valence-corrected chi connectivity index (χ1v) is 6.96. The molecule has 0 aromatic carbocycles. The van der Waals surface area contributed by atoms with Crippen LogP contribution in [0.15, 0.2) is 5.16 Å². The van der Waals surface area contributed by atoms with E-state index in [0.29, 0.717) is 13.0 Å². The second-order valence-corrected chi connectivity index (χ2v) is 5.30. The highest BCUT2D eigenvalue weighted by atomic mass is 32.2. The molecule has 0 amide bonds. The Balaban J connectivity index is 3.23. The van der Waals surface area contributed by atoms with Crippen molar-refractivity contribution in [2.75, 3.05) is 25.9 Å². The van der Waals surface area contributed by atoms with Crippen LogP contribution in [0.4, 0.5) is 0 Å². The van der Waals surface area contributed by atoms with E-state index < -0.39 is 10.0 Å². The van der Waals surface area contributed by atoms with Gasteiger partial charge in [0, 0.05) is 13.0 Å². The van der Waals surface area contributed by atoms with E-state index in [2.05, 4.69) is 15.2 Å². The smallest absolute Gasteiger partial charge is 0.208 e. The van der Waals surface area contributed by atoms with Gasteiger partial charge in [-0.2, -0.15) is 0 Å². The molecular formula is C8H20N4O3S. The lowest BCUT2D eigenvalue weighted by Crippen LogP contribution is -2.27. The second-order valence-electron chi connectivity index (χ2n) is 3.46. The molecule has 0 aliphatic rings. The predicted molar refractivity (Wildman–Crippen MR) is 63.0 cm³/mol. The lowest BCUT2D eigenvalue weighted by Gasteiger charge is -2.04. The third-order valence-corrected chi connectivity index (χ3v) is 2.54. The molecule has 0 aromatic rings. The second kappa shape index (κ2) is 8.31. The number of rotatable bonds is 9. The Morgan fingerprint density at radius 2 is 1.94 bits per heavy atom. The van der Waals surface area contributed by atoms with Crippen LogP contribution in [0.25, 0.3) is 0 Å². The van der Waals surface area contributed by atoms with Gasteiger partial charge in [-0.1, -0.05) is 5.16 Å². The number of oxime groups is 1. The first-order valence-electron chi connectivity index (χ1n) is 5.07. The Hall–Kier alpha value is -0.860. The van der Waals surface area contributed by atoms with E-state index in [4.69, 9.17) is 10.9 Å². The summed E-state index contributed by atoms with van der Waals surface area (Å²) in [5, 5.41) is 14.2. The first kappa shape index (κ1) is 15.1. The third-order valence-electron chi connectivity index (χ3n) is 1.81. The van der Waals surface area contributed by atoms with Gasteiger partial charge in [-0.25, -0.2) is 13.1 Å². The van der Waals surface area contributed by atoms with Crippen LogP contribution in [-0.4, -0.2) is 45.4 Å². The van der Waals surface area contributed by atoms with E-state index in [1.165, 1.54) is 0 Å². The fourth-order valence-corrected chi connectivity index (χ4v) is 1.56. The molecule has 0 heterocycles. The molecular weight excluding hydrogens is 232 g/mol. The number of nitrogens with one attached hydrogen (secondary N) is 2. The molecule has 5 N–H and O–H groups in total. The molecule has 0 spiro atoms. The van der Waals surface area contributed by atoms with Gasteiger partial charge in [0.15, 0.2) is 0 Å². The molecule has 7 nitrogen and oxygen atoms in total. The molecule has 8 heteroatoms. The molecule has 0 saturated heterocycles. The zero-order chi connectivity index (χ0) is 12.4. The van der Waals surface area contributed by atoms with Crippen molar-refractivity contribution in [1.82, 2.24) is 10.0 Å². The van der Waals surface area contributed by atoms with Gasteiger partial charge >= 0.3 is 0 Å². The van der Waals surface area contributed by atoms with Gasteiger partial charge < -0.3 is 16.3 Å². The Bertz CT molecular complexity index is 302. The van der Waals surface area contributed by atoms with Crippen molar-refractivity contribution in [1.29, 1.82) is 0 Å². The van der Waals surface area contributed by atoms with Gasteiger partial charge in [0.05, 0.1) is 6.26 Å². The topological polar surface area (TPSA) is 117 Å². The van der Waals surface area contributed by atoms with Crippen molar-refractivity contribution in [2.24, 2.45) is 10.9 Å². The van der Waals surface area contributed by atoms with Crippen LogP contribution in [0.3, 0.4) is 0 Å². The molecule has 16 heavy (non-hydrogen) atoms. The normalized spacial score (nSPS) is 12.9. The standard InChI is InChI=1S/C8H20N4O3S/c1-16(14,15)11-7-3-6-10-5-2-4-8(9)12-13/h10-11,13H,2-7H2,1H3,(H2,9,12). The van der Waals surface area contributed by atoms with Crippen molar-refractivity contribution in [3.05, 3.63) is 0 Å². The number of hydrogen-bond acceptors (Lipinski definition) is 5. The molecule has 0 unspecified atom stereocenters. The van der Waals surface area contributed by atoms with Crippen molar-refractivity contribution in [3.63, 3.8) is 0 Å². The average Bonchev–Trinajstić information content (AvgIpc) is 2.20. The molecule has 0 radical (unpaired) electrons. The summed E-state index contributed by atoms with van der Waals surface area (Å²) >= 11 is 0. The van der Waals surface area contributed by atoms with Gasteiger partial charge in [0.1, 0.15) is 5.84 Å². The Kier molecular flexibility index (Phi) is 7.86. The van der Waals surface area contributed by atoms with E-state index in [9.17, 15) is 8.42 Å². The van der Waals surface area contributed by atoms with Crippen LogP contribution in [0.2, 0.25) is 0 Å². The van der Waals surface area contributed by atoms with Crippen LogP contribution >= 0.6 is 0 Å². The summed E-state index contributed by atoms with van der Waals surface area (Å²) in [6.45, 7) is 1.93. The van der Waals surface area contributed by atoms with Gasteiger partial charge in [-0.05, 0) is 25.9 Å². The number of nitrogens with zero attached hydrogens (tertiary/aromatic N) is 1. The fourth-order valence-electron chi connectivity index (χ4n) is 1.04. The van der Waals surface area contributed by atoms with E-state index in [1.54, 1.807) is 0 Å². The molecule has 0 aliphatic carbocycles. The minimum atomic E-state index is -3.07. The van der Waals surface area contributed by atoms with Crippen molar-refractivity contribution in [2.45, 2.75) is 19.3 Å². The highest BCUT2D eigenvalue weighted by Crippen LogP contribution is 1.86. The highest BCUT2D eigenvalue weighted by molar-refractivity contribution is 7.88. The van der Waals surface area contributed by atoms with Crippen molar-refractivity contribution in [3.8, 4) is 0 Å². The molecule has 0 aromatic heterocycles. The van der Waals surface area contributed by atoms with E-state index in [1.807, 2.05) is 0 Å². The Morgan fingerprint density at radius 3 is 2.50 bits per heavy atom. The molecule has 0 rings (SSSR count). The first-order chi connectivity index (χ1) is 7.45. The van der Waals surface area contributed by atoms with Gasteiger partial charge in [-0.3, -0.25) is 0 Å². The molecule has 0 aliphatic heterocycles. The number of sulfonamides is 1. The SMILES string of the molecule is CS(=O)(=O)NCCCNCCCC(N)=NO. The summed E-state index contributed by atoms with van der Waals surface area (Å²) in [6.07, 6.45) is 3.20. The summed E-state index contributed by atoms with van der Waals surface area (Å²) in [7, 11) is -3.07. The fraction of sp³-hybridized carbons (Fsp3) is 0.875. The lowest BCUT2D eigenvalue weighted by atomic mass is 10.3. The maximum Gasteiger partial charge on any atom is 0.208 e. The van der Waals surface area contributed by atoms with Crippen molar-refractivity contribution < 1.29 is 13.6 Å². The van der Waals surface area contributed by atoms with Crippen LogP contribution < -0.4 is 15.8 Å². The Labute approximate surface area is 96.1 Å². The zero-order valence-corrected chi connectivity index (χ0v) is 10.3. The third kappa shape index (κ3) is 11.2. The van der Waals surface area contributed by atoms with E-state index >= 15 is 0 Å². The highest BCUT2D eigenvalue weighted by Gasteiger charge is 1.98. The molecule has 0 bridgehead atoms. The van der Waals surface area contributed by atoms with E-state index in [-0.39, 0.29) is 5.84 Å². The summed E-state index contributed by atoms with van der Waals surface area (Å²) in [4.78, 5) is 0. The molecule has 0 atom stereocenters. The number of nitrogens with two attached hydrogens (primary N) is 1. The summed E-state index contributed by atoms with van der Waals surface area (Å²) < 4.78 is 23.8. The minimum Gasteiger partial charge on any atom is -0.409 e. The van der Waals surface area contributed by atoms with Gasteiger partial charge in [0.2, 0.25) is 10.0 Å². The average molecular weight is 252 g/mol. The summed E-state index contributed by atoms with van der Waals surface area (Å²) in [6, 6.07) is 0. The monoisotopic (exact) mass is 252 g/mol. The van der Waals surface area contributed by atoms with Crippen molar-refractivity contribution >= 4 is 15.9 Å². The predicted octanol–water partition coefficient (Wildman–Crippen LogP) is -0.958. The van der Waals surface area contributed by atoms with Crippen LogP contribution in [-0.2, 0) is 10.0 Å². The zero-order valence-electron chi connectivity index (χ0n) is 9.44. The lowest BCUT2D eigenvalue weighted by molar-refractivity contribution is 0.316. The minimum absolute atomic E-state index is 0.223. The number of amidine groups is 1. The summed E-state index contributed by atoms with van der Waals surface area (Å²) in [5.74, 6) is 0.223. The molecule has 0 saturated carbocycles. The molecule has 96 valence electrons. The summed E-state index contributed by atoms with van der Waals surface area (Å²) in [5.41, 5.74) is 5.28. The van der Waals surface area contributed by atoms with Gasteiger partial charge in [0.25, 0.3) is 0 Å². The largest absolute Gasteiger partial charge is 0.409 e. The maximum atomic E-state index is 10.7. The van der Waals surface area contributed by atoms with Crippen LogP contribution in [0.5, 0.6) is 0 Å². The van der Waals surface area contributed by atoms with Crippen LogP contribution in [0.1, 0.15) is 19.3 Å². The van der Waals surface area contributed by atoms with Crippen LogP contribution in [0, 0.1) is 0 Å². The van der Waals surface area contributed by atoms with Gasteiger partial charge in [-0.15, -0.1) is 0 Å². The van der Waals surface area contributed by atoms with E-state index in [0.717, 1.165) is 32.2 Å². The maximum absolute atomic E-state index is 10.7. The Morgan fingerprint density at radius 1 is 1.31 bits per heavy atom. The molecule has 0 fully saturated rings. The number of hydrogen-bond donors (Lipinski definition) is 4. The quantitative estimate of drug-likeness (QED) is 0.139.